The molecule has 0 radical (unpaired) electrons. The first-order valence-corrected chi connectivity index (χ1v) is 7.83. The molecule has 126 valence electrons. The molecule has 0 bridgehead atoms. The number of nitrogens with one attached hydrogen (secondary N) is 3. The Morgan fingerprint density at radius 2 is 1.83 bits per heavy atom. The fourth-order valence-electron chi connectivity index (χ4n) is 2.17. The maximum absolute atomic E-state index is 12.4. The van der Waals surface area contributed by atoms with E-state index in [0.717, 1.165) is 11.4 Å². The van der Waals surface area contributed by atoms with Gasteiger partial charge in [-0.25, -0.2) is 4.79 Å². The number of carbonyl (C=O) groups is 2. The van der Waals surface area contributed by atoms with E-state index < -0.39 is 0 Å². The van der Waals surface area contributed by atoms with Crippen molar-refractivity contribution < 1.29 is 9.59 Å². The molecule has 3 N–H and O–H groups in total. The highest BCUT2D eigenvalue weighted by Crippen LogP contribution is 2.15. The van der Waals surface area contributed by atoms with Crippen LogP contribution in [0.2, 0.25) is 0 Å². The molecule has 0 aliphatic rings. The van der Waals surface area contributed by atoms with Gasteiger partial charge in [0.15, 0.2) is 0 Å². The first-order chi connectivity index (χ1) is 11.5. The van der Waals surface area contributed by atoms with Crippen molar-refractivity contribution in [3.05, 3.63) is 59.4 Å². The lowest BCUT2D eigenvalue weighted by molar-refractivity contribution is 0.0951. The van der Waals surface area contributed by atoms with E-state index in [4.69, 9.17) is 0 Å². The zero-order valence-electron chi connectivity index (χ0n) is 14.1. The van der Waals surface area contributed by atoms with Crippen LogP contribution < -0.4 is 16.0 Å². The summed E-state index contributed by atoms with van der Waals surface area (Å²) in [5, 5.41) is 8.26. The zero-order chi connectivity index (χ0) is 17.5. The summed E-state index contributed by atoms with van der Waals surface area (Å²) < 4.78 is 0. The molecule has 2 aromatic rings. The fourth-order valence-corrected chi connectivity index (χ4v) is 2.17. The molecule has 1 aromatic heterocycles. The van der Waals surface area contributed by atoms with Crippen molar-refractivity contribution in [2.45, 2.75) is 33.4 Å². The molecule has 0 saturated heterocycles. The summed E-state index contributed by atoms with van der Waals surface area (Å²) in [4.78, 5) is 28.6. The van der Waals surface area contributed by atoms with E-state index in [-0.39, 0.29) is 18.0 Å². The van der Waals surface area contributed by atoms with Gasteiger partial charge in [0.1, 0.15) is 0 Å². The number of nitrogens with zero attached hydrogens (tertiary/aromatic N) is 1. The average Bonchev–Trinajstić information content (AvgIpc) is 2.52. The Bertz CT molecular complexity index is 728. The Labute approximate surface area is 141 Å². The number of amides is 3. The Kier molecular flexibility index (Phi) is 5.89. The molecule has 0 aliphatic carbocycles. The summed E-state index contributed by atoms with van der Waals surface area (Å²) in [6.07, 6.45) is 0. The molecule has 1 aromatic carbocycles. The molecule has 0 unspecified atom stereocenters. The smallest absolute Gasteiger partial charge is 0.319 e. The van der Waals surface area contributed by atoms with Crippen LogP contribution >= 0.6 is 0 Å². The van der Waals surface area contributed by atoms with Gasteiger partial charge in [0.25, 0.3) is 5.91 Å². The molecule has 0 spiro atoms. The zero-order valence-corrected chi connectivity index (χ0v) is 14.1. The summed E-state index contributed by atoms with van der Waals surface area (Å²) in [5.41, 5.74) is 2.55. The standard InChI is InChI=1S/C18H22N4O2/c1-12(2)20-18(24)22-16-10-5-4-9-15(16)17(23)19-11-14-8-6-7-13(3)21-14/h4-10,12H,11H2,1-3H3,(H,19,23)(H2,20,22,24). The van der Waals surface area contributed by atoms with Crippen molar-refractivity contribution in [3.8, 4) is 0 Å². The van der Waals surface area contributed by atoms with Gasteiger partial charge in [0, 0.05) is 11.7 Å². The third kappa shape index (κ3) is 5.08. The van der Waals surface area contributed by atoms with E-state index in [2.05, 4.69) is 20.9 Å². The summed E-state index contributed by atoms with van der Waals surface area (Å²) in [5.74, 6) is -0.265. The minimum absolute atomic E-state index is 0.0124. The number of carbonyl (C=O) groups excluding carboxylic acids is 2. The minimum Gasteiger partial charge on any atom is -0.346 e. The van der Waals surface area contributed by atoms with Gasteiger partial charge >= 0.3 is 6.03 Å². The minimum atomic E-state index is -0.342. The molecule has 0 saturated carbocycles. The topological polar surface area (TPSA) is 83.1 Å². The van der Waals surface area contributed by atoms with Crippen LogP contribution in [0.4, 0.5) is 10.5 Å². The SMILES string of the molecule is Cc1cccc(CNC(=O)c2ccccc2NC(=O)NC(C)C)n1. The third-order valence-electron chi connectivity index (χ3n) is 3.22. The number of benzene rings is 1. The fraction of sp³-hybridized carbons (Fsp3) is 0.278. The van der Waals surface area contributed by atoms with Gasteiger partial charge in [-0.3, -0.25) is 9.78 Å². The molecule has 2 rings (SSSR count). The quantitative estimate of drug-likeness (QED) is 0.790. The highest BCUT2D eigenvalue weighted by atomic mass is 16.2. The van der Waals surface area contributed by atoms with E-state index >= 15 is 0 Å². The maximum Gasteiger partial charge on any atom is 0.319 e. The lowest BCUT2D eigenvalue weighted by atomic mass is 10.1. The number of aromatic nitrogens is 1. The molecule has 0 atom stereocenters. The maximum atomic E-state index is 12.4. The molecule has 1 heterocycles. The van der Waals surface area contributed by atoms with Crippen LogP contribution in [0.5, 0.6) is 0 Å². The largest absolute Gasteiger partial charge is 0.346 e. The van der Waals surface area contributed by atoms with E-state index in [9.17, 15) is 9.59 Å². The second-order valence-electron chi connectivity index (χ2n) is 5.75. The number of urea groups is 1. The number of pyridine rings is 1. The molecule has 6 heteroatoms. The second kappa shape index (κ2) is 8.10. The number of hydrogen-bond donors (Lipinski definition) is 3. The Balaban J connectivity index is 2.05. The summed E-state index contributed by atoms with van der Waals surface area (Å²) in [6.45, 7) is 5.96. The summed E-state index contributed by atoms with van der Waals surface area (Å²) in [7, 11) is 0. The molecule has 24 heavy (non-hydrogen) atoms. The van der Waals surface area contributed by atoms with Crippen molar-refractivity contribution in [1.82, 2.24) is 15.6 Å². The van der Waals surface area contributed by atoms with Crippen molar-refractivity contribution in [1.29, 1.82) is 0 Å². The van der Waals surface area contributed by atoms with Crippen molar-refractivity contribution in [2.75, 3.05) is 5.32 Å². The monoisotopic (exact) mass is 326 g/mol. The van der Waals surface area contributed by atoms with Crippen LogP contribution in [0.25, 0.3) is 0 Å². The number of anilines is 1. The van der Waals surface area contributed by atoms with E-state index in [1.165, 1.54) is 0 Å². The molecule has 3 amide bonds. The van der Waals surface area contributed by atoms with Gasteiger partial charge in [0.2, 0.25) is 0 Å². The van der Waals surface area contributed by atoms with Gasteiger partial charge < -0.3 is 16.0 Å². The summed E-state index contributed by atoms with van der Waals surface area (Å²) >= 11 is 0. The lowest BCUT2D eigenvalue weighted by Gasteiger charge is -2.13. The van der Waals surface area contributed by atoms with Gasteiger partial charge in [-0.05, 0) is 45.0 Å². The van der Waals surface area contributed by atoms with Crippen molar-refractivity contribution in [2.24, 2.45) is 0 Å². The Morgan fingerprint density at radius 1 is 1.08 bits per heavy atom. The van der Waals surface area contributed by atoms with Crippen molar-refractivity contribution in [3.63, 3.8) is 0 Å². The molecular formula is C18H22N4O2. The highest BCUT2D eigenvalue weighted by Gasteiger charge is 2.13. The van der Waals surface area contributed by atoms with Gasteiger partial charge in [-0.1, -0.05) is 18.2 Å². The van der Waals surface area contributed by atoms with E-state index in [0.29, 0.717) is 17.8 Å². The second-order valence-corrected chi connectivity index (χ2v) is 5.75. The van der Waals surface area contributed by atoms with E-state index in [1.54, 1.807) is 24.3 Å². The molecule has 6 nitrogen and oxygen atoms in total. The van der Waals surface area contributed by atoms with Crippen LogP contribution in [0, 0.1) is 6.92 Å². The molecule has 0 aliphatic heterocycles. The molecule has 0 fully saturated rings. The van der Waals surface area contributed by atoms with Gasteiger partial charge in [-0.2, -0.15) is 0 Å². The normalized spacial score (nSPS) is 10.3. The lowest BCUT2D eigenvalue weighted by Crippen LogP contribution is -2.35. The average molecular weight is 326 g/mol. The number of rotatable bonds is 5. The van der Waals surface area contributed by atoms with Gasteiger partial charge in [-0.15, -0.1) is 0 Å². The van der Waals surface area contributed by atoms with E-state index in [1.807, 2.05) is 39.0 Å². The number of aryl methyl sites for hydroxylation is 1. The number of para-hydroxylation sites is 1. The predicted octanol–water partition coefficient (Wildman–Crippen LogP) is 2.85. The van der Waals surface area contributed by atoms with Crippen LogP contribution in [0.1, 0.15) is 35.6 Å². The van der Waals surface area contributed by atoms with Crippen LogP contribution in [0.15, 0.2) is 42.5 Å². The van der Waals surface area contributed by atoms with Crippen LogP contribution in [-0.2, 0) is 6.54 Å². The Morgan fingerprint density at radius 3 is 2.54 bits per heavy atom. The van der Waals surface area contributed by atoms with Crippen LogP contribution in [0.3, 0.4) is 0 Å². The molecular weight excluding hydrogens is 304 g/mol. The highest BCUT2D eigenvalue weighted by molar-refractivity contribution is 6.03. The van der Waals surface area contributed by atoms with Crippen LogP contribution in [-0.4, -0.2) is 23.0 Å². The first kappa shape index (κ1) is 17.5. The Hall–Kier alpha value is -2.89. The number of hydrogen-bond acceptors (Lipinski definition) is 3. The third-order valence-corrected chi connectivity index (χ3v) is 3.22. The summed E-state index contributed by atoms with van der Waals surface area (Å²) in [6, 6.07) is 12.2. The predicted molar refractivity (Wildman–Crippen MR) is 93.9 cm³/mol. The first-order valence-electron chi connectivity index (χ1n) is 7.83. The van der Waals surface area contributed by atoms with Gasteiger partial charge in [0.05, 0.1) is 23.5 Å². The van der Waals surface area contributed by atoms with Crippen molar-refractivity contribution >= 4 is 17.6 Å².